The van der Waals surface area contributed by atoms with Gasteiger partial charge in [0, 0.05) is 56.1 Å². The first-order valence-corrected chi connectivity index (χ1v) is 14.7. The molecule has 2 aliphatic carbocycles. The molecule has 7 heteroatoms. The second-order valence-electron chi connectivity index (χ2n) is 12.1. The van der Waals surface area contributed by atoms with E-state index in [1.54, 1.807) is 23.4 Å². The topological polar surface area (TPSA) is 81.7 Å². The molecule has 0 atom stereocenters. The molecule has 2 fully saturated rings. The average Bonchev–Trinajstić information content (AvgIpc) is 3.40. The number of nitrogens with zero attached hydrogens (tertiary/aromatic N) is 3. The molecule has 0 amide bonds. The molecule has 1 aliphatic heterocycles. The van der Waals surface area contributed by atoms with Crippen molar-refractivity contribution in [2.45, 2.75) is 58.3 Å². The number of carboxylic acid groups (broad SMARTS) is 1. The fraction of sp³-hybridized carbons (Fsp3) is 0.455. The van der Waals surface area contributed by atoms with Crippen molar-refractivity contribution in [3.8, 4) is 11.5 Å². The van der Waals surface area contributed by atoms with Crippen molar-refractivity contribution in [3.05, 3.63) is 71.6 Å². The Morgan fingerprint density at radius 2 is 1.95 bits per heavy atom. The Hall–Kier alpha value is -3.58. The monoisotopic (exact) mass is 540 g/mol. The van der Waals surface area contributed by atoms with Crippen LogP contribution in [0.25, 0.3) is 11.0 Å². The van der Waals surface area contributed by atoms with E-state index >= 15 is 0 Å². The highest BCUT2D eigenvalue weighted by atomic mass is 16.5. The summed E-state index contributed by atoms with van der Waals surface area (Å²) in [6, 6.07) is 9.20. The molecular formula is C33H40N4O3. The number of hydrogen-bond donors (Lipinski definition) is 2. The molecule has 2 aromatic heterocycles. The van der Waals surface area contributed by atoms with Crippen LogP contribution in [0.15, 0.2) is 66.0 Å². The maximum atomic E-state index is 11.9. The van der Waals surface area contributed by atoms with Gasteiger partial charge in [0.1, 0.15) is 22.7 Å². The molecule has 2 N–H and O–H groups in total. The smallest absolute Gasteiger partial charge is 0.339 e. The van der Waals surface area contributed by atoms with Gasteiger partial charge in [-0.1, -0.05) is 23.1 Å². The van der Waals surface area contributed by atoms with Crippen LogP contribution in [0.3, 0.4) is 0 Å². The zero-order valence-corrected chi connectivity index (χ0v) is 23.5. The number of hydrogen-bond acceptors (Lipinski definition) is 5. The number of ether oxygens (including phenoxy) is 1. The largest absolute Gasteiger partial charge is 0.478 e. The Bertz CT molecular complexity index is 1440. The number of nitrogens with one attached hydrogen (secondary N) is 1. The molecule has 210 valence electrons. The van der Waals surface area contributed by atoms with Crippen LogP contribution in [0.4, 0.5) is 5.69 Å². The van der Waals surface area contributed by atoms with E-state index in [2.05, 4.69) is 33.3 Å². The predicted molar refractivity (Wildman–Crippen MR) is 159 cm³/mol. The van der Waals surface area contributed by atoms with Crippen molar-refractivity contribution in [1.82, 2.24) is 14.9 Å². The number of benzene rings is 1. The molecule has 1 saturated heterocycles. The summed E-state index contributed by atoms with van der Waals surface area (Å²) < 4.78 is 6.08. The van der Waals surface area contributed by atoms with Gasteiger partial charge in [-0.3, -0.25) is 4.90 Å². The number of aromatic nitrogens is 2. The number of fused-ring (bicyclic) bond motifs is 1. The second-order valence-corrected chi connectivity index (χ2v) is 12.1. The SMILES string of the molecule is C=C(C)CCC1=C(CN2CCN(c3ccc(C(=O)O)c(Oc4cnc5[nH]ccc5c4)c3)CC2)CCC2(CCC2)C1. The van der Waals surface area contributed by atoms with Gasteiger partial charge in [-0.05, 0) is 81.5 Å². The van der Waals surface area contributed by atoms with Gasteiger partial charge in [0.2, 0.25) is 0 Å². The van der Waals surface area contributed by atoms with Crippen molar-refractivity contribution in [1.29, 1.82) is 0 Å². The fourth-order valence-electron chi connectivity index (χ4n) is 6.69. The Kier molecular flexibility index (Phi) is 7.41. The van der Waals surface area contributed by atoms with Crippen LogP contribution in [0.1, 0.15) is 68.6 Å². The summed E-state index contributed by atoms with van der Waals surface area (Å²) in [5.41, 5.74) is 7.20. The van der Waals surface area contributed by atoms with Crippen LogP contribution < -0.4 is 9.64 Å². The molecule has 1 spiro atoms. The minimum atomic E-state index is -1.01. The molecule has 1 aromatic carbocycles. The van der Waals surface area contributed by atoms with Gasteiger partial charge in [-0.2, -0.15) is 0 Å². The number of rotatable bonds is 9. The number of pyridine rings is 1. The Morgan fingerprint density at radius 1 is 1.12 bits per heavy atom. The fourth-order valence-corrected chi connectivity index (χ4v) is 6.69. The van der Waals surface area contributed by atoms with E-state index in [-0.39, 0.29) is 5.56 Å². The van der Waals surface area contributed by atoms with Gasteiger partial charge >= 0.3 is 5.97 Å². The van der Waals surface area contributed by atoms with Crippen molar-refractivity contribution in [2.24, 2.45) is 5.41 Å². The van der Waals surface area contributed by atoms with Crippen molar-refractivity contribution in [3.63, 3.8) is 0 Å². The summed E-state index contributed by atoms with van der Waals surface area (Å²) in [6.07, 6.45) is 13.9. The molecule has 3 aliphatic rings. The normalized spacial score (nSPS) is 19.2. The summed E-state index contributed by atoms with van der Waals surface area (Å²) >= 11 is 0. The summed E-state index contributed by atoms with van der Waals surface area (Å²) in [5.74, 6) is -0.152. The van der Waals surface area contributed by atoms with Crippen LogP contribution in [-0.2, 0) is 0 Å². The number of allylic oxidation sites excluding steroid dienone is 2. The summed E-state index contributed by atoms with van der Waals surface area (Å²) in [5, 5.41) is 10.7. The second kappa shape index (κ2) is 11.1. The third-order valence-corrected chi connectivity index (χ3v) is 9.26. The number of carbonyl (C=O) groups is 1. The molecule has 40 heavy (non-hydrogen) atoms. The number of aromatic carboxylic acids is 1. The van der Waals surface area contributed by atoms with Gasteiger partial charge in [-0.25, -0.2) is 9.78 Å². The molecule has 3 heterocycles. The molecule has 7 nitrogen and oxygen atoms in total. The highest BCUT2D eigenvalue weighted by Gasteiger charge is 2.40. The highest BCUT2D eigenvalue weighted by Crippen LogP contribution is 2.53. The predicted octanol–water partition coefficient (Wildman–Crippen LogP) is 7.18. The number of carboxylic acids is 1. The molecule has 1 saturated carbocycles. The lowest BCUT2D eigenvalue weighted by atomic mass is 9.59. The number of aromatic amines is 1. The van der Waals surface area contributed by atoms with Crippen molar-refractivity contribution < 1.29 is 14.6 Å². The molecular weight excluding hydrogens is 500 g/mol. The maximum absolute atomic E-state index is 11.9. The van der Waals surface area contributed by atoms with Gasteiger partial charge in [-0.15, -0.1) is 6.58 Å². The summed E-state index contributed by atoms with van der Waals surface area (Å²) in [7, 11) is 0. The zero-order valence-electron chi connectivity index (χ0n) is 23.5. The lowest BCUT2D eigenvalue weighted by Gasteiger charge is -2.47. The van der Waals surface area contributed by atoms with Crippen molar-refractivity contribution >= 4 is 22.7 Å². The number of piperazine rings is 1. The summed E-state index contributed by atoms with van der Waals surface area (Å²) in [6.45, 7) is 11.2. The molecule has 0 radical (unpaired) electrons. The molecule has 0 bridgehead atoms. The zero-order chi connectivity index (χ0) is 27.7. The van der Waals surface area contributed by atoms with E-state index in [4.69, 9.17) is 4.74 Å². The number of anilines is 1. The van der Waals surface area contributed by atoms with Crippen molar-refractivity contribution in [2.75, 3.05) is 37.6 Å². The quantitative estimate of drug-likeness (QED) is 0.280. The van der Waals surface area contributed by atoms with Crippen LogP contribution in [0.2, 0.25) is 0 Å². The minimum absolute atomic E-state index is 0.146. The van der Waals surface area contributed by atoms with E-state index in [1.807, 2.05) is 30.5 Å². The van der Waals surface area contributed by atoms with Crippen LogP contribution >= 0.6 is 0 Å². The van der Waals surface area contributed by atoms with Gasteiger partial charge in [0.25, 0.3) is 0 Å². The molecule has 0 unspecified atom stereocenters. The van der Waals surface area contributed by atoms with Gasteiger partial charge in [0.05, 0.1) is 6.20 Å². The van der Waals surface area contributed by atoms with E-state index in [1.165, 1.54) is 50.5 Å². The van der Waals surface area contributed by atoms with Crippen LogP contribution in [0, 0.1) is 5.41 Å². The molecule has 3 aromatic rings. The first kappa shape index (κ1) is 26.6. The van der Waals surface area contributed by atoms with Gasteiger partial charge in [0.15, 0.2) is 0 Å². The Labute approximate surface area is 236 Å². The third-order valence-electron chi connectivity index (χ3n) is 9.26. The lowest BCUT2D eigenvalue weighted by molar-refractivity contribution is 0.0694. The third kappa shape index (κ3) is 5.66. The first-order valence-electron chi connectivity index (χ1n) is 14.7. The standard InChI is InChI=1S/C33H40N4O3/c1-23(2)4-5-25-20-33(10-3-11-33)12-8-26(25)22-36-14-16-37(17-15-36)27-6-7-29(32(38)39)30(19-27)40-28-18-24-9-13-34-31(24)35-21-28/h6-7,9,13,18-19,21H,1,3-5,8,10-12,14-17,20,22H2,2H3,(H,34,35)(H,38,39). The Balaban J connectivity index is 1.13. The molecule has 6 rings (SSSR count). The van der Waals surface area contributed by atoms with E-state index in [0.717, 1.165) is 55.9 Å². The van der Waals surface area contributed by atoms with E-state index in [9.17, 15) is 9.90 Å². The van der Waals surface area contributed by atoms with E-state index in [0.29, 0.717) is 16.9 Å². The minimum Gasteiger partial charge on any atom is -0.478 e. The van der Waals surface area contributed by atoms with Gasteiger partial charge < -0.3 is 19.7 Å². The number of H-pyrrole nitrogens is 1. The maximum Gasteiger partial charge on any atom is 0.339 e. The van der Waals surface area contributed by atoms with Crippen LogP contribution in [-0.4, -0.2) is 58.7 Å². The van der Waals surface area contributed by atoms with E-state index < -0.39 is 5.97 Å². The average molecular weight is 541 g/mol. The lowest BCUT2D eigenvalue weighted by Crippen LogP contribution is -2.47. The summed E-state index contributed by atoms with van der Waals surface area (Å²) in [4.78, 5) is 24.3. The first-order chi connectivity index (χ1) is 19.4. The highest BCUT2D eigenvalue weighted by molar-refractivity contribution is 5.92. The van der Waals surface area contributed by atoms with Crippen LogP contribution in [0.5, 0.6) is 11.5 Å². The Morgan fingerprint density at radius 3 is 2.67 bits per heavy atom.